The van der Waals surface area contributed by atoms with Crippen molar-refractivity contribution in [3.8, 4) is 6.07 Å². The van der Waals surface area contributed by atoms with Crippen LogP contribution in [0.3, 0.4) is 0 Å². The summed E-state index contributed by atoms with van der Waals surface area (Å²) in [6, 6.07) is 7.17. The van der Waals surface area contributed by atoms with Gasteiger partial charge in [-0.1, -0.05) is 11.6 Å². The van der Waals surface area contributed by atoms with Crippen molar-refractivity contribution in [1.29, 1.82) is 5.26 Å². The Labute approximate surface area is 104 Å². The minimum atomic E-state index is -0.778. The van der Waals surface area contributed by atoms with Gasteiger partial charge in [-0.2, -0.15) is 5.26 Å². The number of carboxylic acids is 1. The molecule has 1 N–H and O–H groups in total. The lowest BCUT2D eigenvalue weighted by Gasteiger charge is -2.19. The van der Waals surface area contributed by atoms with Gasteiger partial charge in [0.2, 0.25) is 0 Å². The lowest BCUT2D eigenvalue weighted by molar-refractivity contribution is -0.140. The largest absolute Gasteiger partial charge is 0.481 e. The number of halogens is 1. The van der Waals surface area contributed by atoms with Gasteiger partial charge in [-0.25, -0.2) is 0 Å². The molecule has 0 bridgehead atoms. The molecule has 2 rings (SSSR count). The van der Waals surface area contributed by atoms with Crippen molar-refractivity contribution >= 4 is 23.3 Å². The number of aliphatic carboxylic acids is 1. The van der Waals surface area contributed by atoms with E-state index in [9.17, 15) is 4.79 Å². The first kappa shape index (κ1) is 11.7. The number of carbonyl (C=O) groups is 1. The second kappa shape index (κ2) is 4.64. The quantitative estimate of drug-likeness (QED) is 0.873. The molecule has 0 radical (unpaired) electrons. The maximum Gasteiger partial charge on any atom is 0.308 e. The van der Waals surface area contributed by atoms with Gasteiger partial charge in [0.05, 0.1) is 17.2 Å². The summed E-state index contributed by atoms with van der Waals surface area (Å²) in [5, 5.41) is 18.5. The third kappa shape index (κ3) is 2.34. The van der Waals surface area contributed by atoms with Gasteiger partial charge in [-0.05, 0) is 24.6 Å². The van der Waals surface area contributed by atoms with Crippen molar-refractivity contribution in [2.75, 3.05) is 18.0 Å². The smallest absolute Gasteiger partial charge is 0.308 e. The van der Waals surface area contributed by atoms with E-state index in [2.05, 4.69) is 6.07 Å². The maximum atomic E-state index is 10.9. The van der Waals surface area contributed by atoms with Crippen molar-refractivity contribution < 1.29 is 9.90 Å². The van der Waals surface area contributed by atoms with Crippen LogP contribution < -0.4 is 4.90 Å². The molecular formula is C12H11ClN2O2. The summed E-state index contributed by atoms with van der Waals surface area (Å²) in [7, 11) is 0. The van der Waals surface area contributed by atoms with Crippen LogP contribution in [0, 0.1) is 17.2 Å². The summed E-state index contributed by atoms with van der Waals surface area (Å²) in [6.45, 7) is 1.11. The molecule has 1 aromatic rings. The molecule has 1 aromatic carbocycles. The number of rotatable bonds is 2. The van der Waals surface area contributed by atoms with Crippen LogP contribution in [-0.4, -0.2) is 24.2 Å². The van der Waals surface area contributed by atoms with Crippen molar-refractivity contribution in [3.63, 3.8) is 0 Å². The number of anilines is 1. The summed E-state index contributed by atoms with van der Waals surface area (Å²) in [4.78, 5) is 12.8. The van der Waals surface area contributed by atoms with E-state index in [1.807, 2.05) is 4.90 Å². The highest BCUT2D eigenvalue weighted by molar-refractivity contribution is 6.30. The van der Waals surface area contributed by atoms with Crippen LogP contribution in [0.15, 0.2) is 18.2 Å². The van der Waals surface area contributed by atoms with Gasteiger partial charge in [0.1, 0.15) is 6.07 Å². The molecule has 1 saturated heterocycles. The average Bonchev–Trinajstić information content (AvgIpc) is 2.78. The second-order valence-electron chi connectivity index (χ2n) is 4.04. The van der Waals surface area contributed by atoms with Crippen molar-refractivity contribution in [2.45, 2.75) is 6.42 Å². The Morgan fingerprint density at radius 3 is 2.94 bits per heavy atom. The van der Waals surface area contributed by atoms with Crippen molar-refractivity contribution in [3.05, 3.63) is 28.8 Å². The Kier molecular flexibility index (Phi) is 3.21. The molecule has 0 saturated carbocycles. The third-order valence-corrected chi connectivity index (χ3v) is 3.19. The van der Waals surface area contributed by atoms with Crippen LogP contribution in [0.2, 0.25) is 5.02 Å². The minimum Gasteiger partial charge on any atom is -0.481 e. The monoisotopic (exact) mass is 250 g/mol. The van der Waals surface area contributed by atoms with E-state index in [4.69, 9.17) is 22.0 Å². The maximum absolute atomic E-state index is 10.9. The Morgan fingerprint density at radius 2 is 2.35 bits per heavy atom. The topological polar surface area (TPSA) is 64.3 Å². The molecular weight excluding hydrogens is 240 g/mol. The number of nitriles is 1. The number of carboxylic acid groups (broad SMARTS) is 1. The van der Waals surface area contributed by atoms with Crippen LogP contribution >= 0.6 is 11.6 Å². The fourth-order valence-electron chi connectivity index (χ4n) is 2.05. The van der Waals surface area contributed by atoms with E-state index in [0.717, 1.165) is 5.69 Å². The number of hydrogen-bond donors (Lipinski definition) is 1. The number of hydrogen-bond acceptors (Lipinski definition) is 3. The molecule has 1 aliphatic heterocycles. The summed E-state index contributed by atoms with van der Waals surface area (Å²) >= 11 is 5.82. The lowest BCUT2D eigenvalue weighted by Crippen LogP contribution is -2.23. The molecule has 1 aliphatic rings. The van der Waals surface area contributed by atoms with Crippen LogP contribution in [-0.2, 0) is 4.79 Å². The van der Waals surface area contributed by atoms with Gasteiger partial charge >= 0.3 is 5.97 Å². The van der Waals surface area contributed by atoms with Crippen LogP contribution in [0.5, 0.6) is 0 Å². The highest BCUT2D eigenvalue weighted by atomic mass is 35.5. The van der Waals surface area contributed by atoms with Crippen molar-refractivity contribution in [2.24, 2.45) is 5.92 Å². The van der Waals surface area contributed by atoms with Gasteiger partial charge in [-0.3, -0.25) is 4.79 Å². The Morgan fingerprint density at radius 1 is 1.59 bits per heavy atom. The Balaban J connectivity index is 2.25. The molecule has 0 aliphatic carbocycles. The zero-order chi connectivity index (χ0) is 12.4. The first-order chi connectivity index (χ1) is 8.11. The van der Waals surface area contributed by atoms with Gasteiger partial charge in [0.25, 0.3) is 0 Å². The fraction of sp³-hybridized carbons (Fsp3) is 0.333. The Bertz CT molecular complexity index is 496. The molecule has 17 heavy (non-hydrogen) atoms. The van der Waals surface area contributed by atoms with E-state index in [-0.39, 0.29) is 5.92 Å². The van der Waals surface area contributed by atoms with E-state index < -0.39 is 5.97 Å². The predicted molar refractivity (Wildman–Crippen MR) is 64.1 cm³/mol. The number of benzene rings is 1. The SMILES string of the molecule is N#Cc1cc(Cl)ccc1N1CCC(C(=O)O)C1. The zero-order valence-electron chi connectivity index (χ0n) is 9.06. The standard InChI is InChI=1S/C12H11ClN2O2/c13-10-1-2-11(9(5-10)6-14)15-4-3-8(7-15)12(16)17/h1-2,5,8H,3-4,7H2,(H,16,17). The van der Waals surface area contributed by atoms with Gasteiger partial charge in [0.15, 0.2) is 0 Å². The first-order valence-electron chi connectivity index (χ1n) is 5.29. The summed E-state index contributed by atoms with van der Waals surface area (Å²) in [5.74, 6) is -1.13. The van der Waals surface area contributed by atoms with Gasteiger partial charge in [-0.15, -0.1) is 0 Å². The lowest BCUT2D eigenvalue weighted by atomic mass is 10.1. The summed E-state index contributed by atoms with van der Waals surface area (Å²) in [6.07, 6.45) is 0.614. The highest BCUT2D eigenvalue weighted by Crippen LogP contribution is 2.28. The van der Waals surface area contributed by atoms with E-state index in [1.54, 1.807) is 18.2 Å². The molecule has 1 heterocycles. The summed E-state index contributed by atoms with van der Waals surface area (Å²) < 4.78 is 0. The van der Waals surface area contributed by atoms with Crippen LogP contribution in [0.4, 0.5) is 5.69 Å². The molecule has 0 amide bonds. The van der Waals surface area contributed by atoms with Gasteiger partial charge in [0, 0.05) is 18.1 Å². The molecule has 0 aromatic heterocycles. The van der Waals surface area contributed by atoms with E-state index >= 15 is 0 Å². The third-order valence-electron chi connectivity index (χ3n) is 2.96. The van der Waals surface area contributed by atoms with Gasteiger partial charge < -0.3 is 10.0 Å². The predicted octanol–water partition coefficient (Wildman–Crippen LogP) is 2.12. The van der Waals surface area contributed by atoms with E-state index in [1.165, 1.54) is 0 Å². The molecule has 5 heteroatoms. The van der Waals surface area contributed by atoms with Crippen LogP contribution in [0.25, 0.3) is 0 Å². The van der Waals surface area contributed by atoms with Crippen LogP contribution in [0.1, 0.15) is 12.0 Å². The Hall–Kier alpha value is -1.73. The normalized spacial score (nSPS) is 19.1. The molecule has 88 valence electrons. The van der Waals surface area contributed by atoms with Crippen molar-refractivity contribution in [1.82, 2.24) is 0 Å². The average molecular weight is 251 g/mol. The number of nitrogens with zero attached hydrogens (tertiary/aromatic N) is 2. The first-order valence-corrected chi connectivity index (χ1v) is 5.67. The summed E-state index contributed by atoms with van der Waals surface area (Å²) in [5.41, 5.74) is 1.25. The second-order valence-corrected chi connectivity index (χ2v) is 4.48. The molecule has 1 unspecified atom stereocenters. The molecule has 1 atom stereocenters. The fourth-order valence-corrected chi connectivity index (χ4v) is 2.23. The molecule has 4 nitrogen and oxygen atoms in total. The van der Waals surface area contributed by atoms with E-state index in [0.29, 0.717) is 30.1 Å². The minimum absolute atomic E-state index is 0.350. The molecule has 1 fully saturated rings. The highest BCUT2D eigenvalue weighted by Gasteiger charge is 2.29. The molecule has 0 spiro atoms. The zero-order valence-corrected chi connectivity index (χ0v) is 9.81.